The Hall–Kier alpha value is -3.19. The Morgan fingerprint density at radius 2 is 2.00 bits per heavy atom. The number of halogens is 1. The van der Waals surface area contributed by atoms with E-state index in [0.29, 0.717) is 34.7 Å². The second-order valence-electron chi connectivity index (χ2n) is 6.15. The first-order valence-corrected chi connectivity index (χ1v) is 8.84. The summed E-state index contributed by atoms with van der Waals surface area (Å²) in [5.41, 5.74) is 1.93. The van der Waals surface area contributed by atoms with Crippen LogP contribution in [0.5, 0.6) is 0 Å². The summed E-state index contributed by atoms with van der Waals surface area (Å²) in [6.45, 7) is 0.319. The molecular formula is C19H16ClN5O2. The van der Waals surface area contributed by atoms with Crippen LogP contribution in [-0.4, -0.2) is 25.3 Å². The van der Waals surface area contributed by atoms with E-state index in [1.165, 1.54) is 0 Å². The highest BCUT2D eigenvalue weighted by atomic mass is 35.5. The molecule has 0 saturated heterocycles. The molecule has 136 valence electrons. The molecule has 2 N–H and O–H groups in total. The number of fused-ring (bicyclic) bond motifs is 2. The highest BCUT2D eigenvalue weighted by Crippen LogP contribution is 2.12. The molecule has 7 nitrogen and oxygen atoms in total. The Morgan fingerprint density at radius 1 is 1.15 bits per heavy atom. The molecule has 4 aromatic rings. The second-order valence-corrected chi connectivity index (χ2v) is 6.59. The van der Waals surface area contributed by atoms with E-state index in [1.807, 2.05) is 22.7 Å². The Bertz CT molecular complexity index is 1200. The molecule has 1 amide bonds. The fourth-order valence-electron chi connectivity index (χ4n) is 2.87. The first-order valence-electron chi connectivity index (χ1n) is 8.46. The molecular weight excluding hydrogens is 366 g/mol. The third kappa shape index (κ3) is 3.83. The lowest BCUT2D eigenvalue weighted by atomic mass is 10.2. The van der Waals surface area contributed by atoms with E-state index in [9.17, 15) is 9.59 Å². The fourth-order valence-corrected chi connectivity index (χ4v) is 3.03. The van der Waals surface area contributed by atoms with E-state index < -0.39 is 0 Å². The quantitative estimate of drug-likeness (QED) is 0.555. The number of hydrogen-bond acceptors (Lipinski definition) is 4. The number of benzene rings is 1. The number of hydrogen-bond donors (Lipinski definition) is 2. The normalized spacial score (nSPS) is 11.1. The molecule has 3 aromatic heterocycles. The largest absolute Gasteiger partial charge is 0.350 e. The van der Waals surface area contributed by atoms with E-state index >= 15 is 0 Å². The number of carbonyl (C=O) groups excluding carboxylic acids is 1. The molecule has 27 heavy (non-hydrogen) atoms. The number of H-pyrrole nitrogens is 1. The molecule has 8 heteroatoms. The van der Waals surface area contributed by atoms with Crippen LogP contribution in [0, 0.1) is 0 Å². The van der Waals surface area contributed by atoms with Gasteiger partial charge in [0, 0.05) is 25.2 Å². The maximum Gasteiger partial charge on any atom is 0.258 e. The number of aryl methyl sites for hydroxylation is 1. The summed E-state index contributed by atoms with van der Waals surface area (Å²) in [5.74, 6) is 0.358. The number of imidazole rings is 1. The van der Waals surface area contributed by atoms with Gasteiger partial charge in [-0.2, -0.15) is 0 Å². The van der Waals surface area contributed by atoms with Crippen molar-refractivity contribution in [2.45, 2.75) is 19.4 Å². The Kier molecular flexibility index (Phi) is 4.60. The molecule has 0 spiro atoms. The number of nitrogens with one attached hydrogen (secondary N) is 2. The minimum Gasteiger partial charge on any atom is -0.350 e. The number of amides is 1. The zero-order valence-corrected chi connectivity index (χ0v) is 15.0. The molecule has 1 aromatic carbocycles. The fraction of sp³-hybridized carbons (Fsp3) is 0.158. The second kappa shape index (κ2) is 7.20. The van der Waals surface area contributed by atoms with Crippen LogP contribution in [0.15, 0.2) is 53.6 Å². The molecule has 0 unspecified atom stereocenters. The molecule has 0 radical (unpaired) electrons. The molecule has 0 aliphatic rings. The van der Waals surface area contributed by atoms with Gasteiger partial charge in [0.2, 0.25) is 5.91 Å². The number of nitrogens with zero attached hydrogens (tertiary/aromatic N) is 3. The van der Waals surface area contributed by atoms with Crippen LogP contribution in [0.3, 0.4) is 0 Å². The minimum atomic E-state index is -0.195. The highest BCUT2D eigenvalue weighted by molar-refractivity contribution is 6.30. The summed E-state index contributed by atoms with van der Waals surface area (Å²) >= 11 is 5.95. The average molecular weight is 382 g/mol. The summed E-state index contributed by atoms with van der Waals surface area (Å²) in [6, 6.07) is 10.7. The lowest BCUT2D eigenvalue weighted by Gasteiger charge is -2.04. The van der Waals surface area contributed by atoms with E-state index in [0.717, 1.165) is 11.3 Å². The van der Waals surface area contributed by atoms with Crippen molar-refractivity contribution in [2.75, 3.05) is 0 Å². The highest BCUT2D eigenvalue weighted by Gasteiger charge is 2.08. The van der Waals surface area contributed by atoms with Crippen LogP contribution in [0.1, 0.15) is 17.9 Å². The van der Waals surface area contributed by atoms with Gasteiger partial charge in [-0.25, -0.2) is 9.97 Å². The maximum absolute atomic E-state index is 12.1. The summed E-state index contributed by atoms with van der Waals surface area (Å²) < 4.78 is 1.81. The van der Waals surface area contributed by atoms with Crippen molar-refractivity contribution in [3.63, 3.8) is 0 Å². The smallest absolute Gasteiger partial charge is 0.258 e. The topological polar surface area (TPSA) is 92.1 Å². The molecule has 0 bridgehead atoms. The average Bonchev–Trinajstić information content (AvgIpc) is 3.07. The Morgan fingerprint density at radius 3 is 2.89 bits per heavy atom. The first kappa shape index (κ1) is 17.2. The van der Waals surface area contributed by atoms with Gasteiger partial charge in [0.1, 0.15) is 11.5 Å². The van der Waals surface area contributed by atoms with Crippen molar-refractivity contribution in [3.05, 3.63) is 75.7 Å². The van der Waals surface area contributed by atoms with Crippen LogP contribution in [0.4, 0.5) is 0 Å². The van der Waals surface area contributed by atoms with Gasteiger partial charge in [0.05, 0.1) is 28.2 Å². The van der Waals surface area contributed by atoms with E-state index in [4.69, 9.17) is 11.6 Å². The van der Waals surface area contributed by atoms with Crippen molar-refractivity contribution in [3.8, 4) is 0 Å². The van der Waals surface area contributed by atoms with Gasteiger partial charge in [-0.05, 0) is 24.3 Å². The number of aromatic amines is 1. The lowest BCUT2D eigenvalue weighted by Crippen LogP contribution is -2.24. The van der Waals surface area contributed by atoms with E-state index in [2.05, 4.69) is 20.3 Å². The zero-order valence-electron chi connectivity index (χ0n) is 14.3. The van der Waals surface area contributed by atoms with Crippen molar-refractivity contribution in [1.29, 1.82) is 0 Å². The molecule has 0 fully saturated rings. The summed E-state index contributed by atoms with van der Waals surface area (Å²) in [4.78, 5) is 35.7. The number of carbonyl (C=O) groups is 1. The van der Waals surface area contributed by atoms with Gasteiger partial charge in [-0.3, -0.25) is 9.59 Å². The van der Waals surface area contributed by atoms with Crippen LogP contribution in [0.2, 0.25) is 5.02 Å². The Labute approximate surface area is 159 Å². The monoisotopic (exact) mass is 381 g/mol. The zero-order chi connectivity index (χ0) is 18.8. The Balaban J connectivity index is 1.37. The molecule has 0 atom stereocenters. The third-order valence-corrected chi connectivity index (χ3v) is 4.41. The number of rotatable bonds is 5. The molecule has 4 rings (SSSR count). The van der Waals surface area contributed by atoms with Crippen molar-refractivity contribution < 1.29 is 4.79 Å². The standard InChI is InChI=1S/C19H16ClN5O2/c20-12-5-7-17-22-13(11-25(17)10-12)9-21-18(26)8-6-16-23-15-4-2-1-3-14(15)19(27)24-16/h1-5,7,10-11H,6,8-9H2,(H,21,26)(H,23,24,27). The van der Waals surface area contributed by atoms with Crippen LogP contribution >= 0.6 is 11.6 Å². The van der Waals surface area contributed by atoms with E-state index in [-0.39, 0.29) is 17.9 Å². The van der Waals surface area contributed by atoms with Gasteiger partial charge in [-0.1, -0.05) is 23.7 Å². The van der Waals surface area contributed by atoms with Crippen molar-refractivity contribution in [2.24, 2.45) is 0 Å². The number of pyridine rings is 1. The van der Waals surface area contributed by atoms with Crippen molar-refractivity contribution >= 4 is 34.1 Å². The van der Waals surface area contributed by atoms with Crippen LogP contribution < -0.4 is 10.9 Å². The molecule has 0 aliphatic carbocycles. The summed E-state index contributed by atoms with van der Waals surface area (Å²) in [5, 5.41) is 3.99. The van der Waals surface area contributed by atoms with Gasteiger partial charge >= 0.3 is 0 Å². The number of aromatic nitrogens is 4. The van der Waals surface area contributed by atoms with Gasteiger partial charge in [-0.15, -0.1) is 0 Å². The minimum absolute atomic E-state index is 0.138. The van der Waals surface area contributed by atoms with E-state index in [1.54, 1.807) is 30.5 Å². The van der Waals surface area contributed by atoms with Crippen LogP contribution in [0.25, 0.3) is 16.6 Å². The van der Waals surface area contributed by atoms with Gasteiger partial charge in [0.25, 0.3) is 5.56 Å². The molecule has 0 saturated carbocycles. The van der Waals surface area contributed by atoms with Gasteiger partial charge < -0.3 is 14.7 Å². The third-order valence-electron chi connectivity index (χ3n) is 4.18. The van der Waals surface area contributed by atoms with Crippen LogP contribution in [-0.2, 0) is 17.8 Å². The summed E-state index contributed by atoms with van der Waals surface area (Å²) in [7, 11) is 0. The maximum atomic E-state index is 12.1. The predicted octanol–water partition coefficient (Wildman–Crippen LogP) is 2.47. The van der Waals surface area contributed by atoms with Gasteiger partial charge in [0.15, 0.2) is 0 Å². The molecule has 3 heterocycles. The summed E-state index contributed by atoms with van der Waals surface area (Å²) in [6.07, 6.45) is 4.16. The molecule has 0 aliphatic heterocycles. The SMILES string of the molecule is O=C(CCc1nc2ccccc2c(=O)[nH]1)NCc1cn2cc(Cl)ccc2n1. The lowest BCUT2D eigenvalue weighted by molar-refractivity contribution is -0.121. The number of para-hydroxylation sites is 1. The first-order chi connectivity index (χ1) is 13.1. The van der Waals surface area contributed by atoms with Crippen molar-refractivity contribution in [1.82, 2.24) is 24.7 Å². The predicted molar refractivity (Wildman–Crippen MR) is 103 cm³/mol.